The van der Waals surface area contributed by atoms with Crippen LogP contribution in [-0.2, 0) is 9.53 Å². The van der Waals surface area contributed by atoms with Gasteiger partial charge in [-0.05, 0) is 18.9 Å². The van der Waals surface area contributed by atoms with E-state index in [9.17, 15) is 4.79 Å². The van der Waals surface area contributed by atoms with Crippen molar-refractivity contribution in [2.75, 3.05) is 7.11 Å². The van der Waals surface area contributed by atoms with E-state index in [2.05, 4.69) is 5.32 Å². The van der Waals surface area contributed by atoms with E-state index in [0.29, 0.717) is 0 Å². The molecule has 1 N–H and O–H groups in total. The minimum atomic E-state index is -0.296. The van der Waals surface area contributed by atoms with Gasteiger partial charge in [0.1, 0.15) is 6.04 Å². The molecule has 0 saturated heterocycles. The molecular weight excluding hydrogens is 206 g/mol. The normalized spacial score (nSPS) is 14.8. The van der Waals surface area contributed by atoms with Crippen LogP contribution in [0, 0.1) is 5.92 Å². The Morgan fingerprint density at radius 1 is 1.44 bits per heavy atom. The fraction of sp³-hybridized carbons (Fsp3) is 0.583. The molecule has 4 nitrogen and oxygen atoms in total. The summed E-state index contributed by atoms with van der Waals surface area (Å²) in [5.41, 5.74) is 1.02. The topological polar surface area (TPSA) is 51.5 Å². The van der Waals surface area contributed by atoms with Gasteiger partial charge in [0.05, 0.1) is 19.6 Å². The van der Waals surface area contributed by atoms with Crippen LogP contribution in [0.3, 0.4) is 0 Å². The summed E-state index contributed by atoms with van der Waals surface area (Å²) >= 11 is 0. The third kappa shape index (κ3) is 3.10. The minimum Gasteiger partial charge on any atom is -0.472 e. The molecular formula is C12H19NO3. The first-order valence-corrected chi connectivity index (χ1v) is 5.42. The standard InChI is InChI=1S/C12H19NO3/c1-8(2)11(12(14)15-4)13-9(3)10-5-6-16-7-10/h5-9,11,13H,1-4H3. The number of rotatable bonds is 5. The van der Waals surface area contributed by atoms with Crippen LogP contribution in [0.15, 0.2) is 23.0 Å². The quantitative estimate of drug-likeness (QED) is 0.780. The van der Waals surface area contributed by atoms with Crippen LogP contribution in [0.2, 0.25) is 0 Å². The fourth-order valence-electron chi connectivity index (χ4n) is 1.55. The molecule has 0 aliphatic rings. The summed E-state index contributed by atoms with van der Waals surface area (Å²) in [6.07, 6.45) is 3.29. The lowest BCUT2D eigenvalue weighted by atomic mass is 10.0. The van der Waals surface area contributed by atoms with Gasteiger partial charge < -0.3 is 9.15 Å². The molecule has 1 rings (SSSR count). The van der Waals surface area contributed by atoms with Crippen molar-refractivity contribution in [3.8, 4) is 0 Å². The van der Waals surface area contributed by atoms with Crippen LogP contribution in [0.4, 0.5) is 0 Å². The van der Waals surface area contributed by atoms with Crippen LogP contribution in [0.25, 0.3) is 0 Å². The lowest BCUT2D eigenvalue weighted by molar-refractivity contribution is -0.144. The molecule has 1 aromatic rings. The van der Waals surface area contributed by atoms with Crippen LogP contribution in [0.1, 0.15) is 32.4 Å². The first kappa shape index (κ1) is 12.8. The molecule has 0 amide bonds. The van der Waals surface area contributed by atoms with Gasteiger partial charge in [-0.25, -0.2) is 0 Å². The van der Waals surface area contributed by atoms with Crippen LogP contribution in [-0.4, -0.2) is 19.1 Å². The van der Waals surface area contributed by atoms with Gasteiger partial charge in [0.2, 0.25) is 0 Å². The maximum Gasteiger partial charge on any atom is 0.323 e. The molecule has 0 radical (unpaired) electrons. The number of carbonyl (C=O) groups excluding carboxylic acids is 1. The molecule has 16 heavy (non-hydrogen) atoms. The van der Waals surface area contributed by atoms with Gasteiger partial charge in [0, 0.05) is 11.6 Å². The minimum absolute atomic E-state index is 0.0604. The number of esters is 1. The van der Waals surface area contributed by atoms with E-state index >= 15 is 0 Å². The summed E-state index contributed by atoms with van der Waals surface area (Å²) < 4.78 is 9.78. The average molecular weight is 225 g/mol. The molecule has 0 bridgehead atoms. The summed E-state index contributed by atoms with van der Waals surface area (Å²) in [4.78, 5) is 11.6. The largest absolute Gasteiger partial charge is 0.472 e. The smallest absolute Gasteiger partial charge is 0.323 e. The van der Waals surface area contributed by atoms with Gasteiger partial charge in [-0.2, -0.15) is 0 Å². The number of furan rings is 1. The maximum atomic E-state index is 11.6. The predicted molar refractivity (Wildman–Crippen MR) is 60.9 cm³/mol. The Morgan fingerprint density at radius 2 is 2.12 bits per heavy atom. The van der Waals surface area contributed by atoms with Crippen molar-refractivity contribution in [1.82, 2.24) is 5.32 Å². The molecule has 1 heterocycles. The van der Waals surface area contributed by atoms with E-state index in [1.54, 1.807) is 12.5 Å². The van der Waals surface area contributed by atoms with Crippen molar-refractivity contribution in [2.45, 2.75) is 32.9 Å². The summed E-state index contributed by atoms with van der Waals surface area (Å²) in [6.45, 7) is 5.95. The molecule has 2 atom stereocenters. The molecule has 0 aliphatic heterocycles. The average Bonchev–Trinajstić information content (AvgIpc) is 2.77. The molecule has 0 aromatic carbocycles. The fourth-order valence-corrected chi connectivity index (χ4v) is 1.55. The predicted octanol–water partition coefficient (Wildman–Crippen LogP) is 2.13. The second kappa shape index (κ2) is 5.70. The molecule has 4 heteroatoms. The Hall–Kier alpha value is -1.29. The van der Waals surface area contributed by atoms with Gasteiger partial charge in [-0.3, -0.25) is 10.1 Å². The Kier molecular flexibility index (Phi) is 4.55. The number of nitrogens with one attached hydrogen (secondary N) is 1. The highest BCUT2D eigenvalue weighted by atomic mass is 16.5. The van der Waals surface area contributed by atoms with E-state index in [1.807, 2.05) is 26.8 Å². The van der Waals surface area contributed by atoms with Gasteiger partial charge in [0.25, 0.3) is 0 Å². The molecule has 1 aromatic heterocycles. The summed E-state index contributed by atoms with van der Waals surface area (Å²) in [5, 5.41) is 3.23. The van der Waals surface area contributed by atoms with E-state index in [4.69, 9.17) is 9.15 Å². The van der Waals surface area contributed by atoms with Crippen molar-refractivity contribution in [3.63, 3.8) is 0 Å². The van der Waals surface area contributed by atoms with Crippen molar-refractivity contribution in [3.05, 3.63) is 24.2 Å². The molecule has 0 fully saturated rings. The van der Waals surface area contributed by atoms with Crippen LogP contribution >= 0.6 is 0 Å². The third-order valence-corrected chi connectivity index (χ3v) is 2.59. The first-order chi connectivity index (χ1) is 7.56. The summed E-state index contributed by atoms with van der Waals surface area (Å²) in [7, 11) is 1.40. The summed E-state index contributed by atoms with van der Waals surface area (Å²) in [6, 6.07) is 1.65. The van der Waals surface area contributed by atoms with Crippen molar-refractivity contribution >= 4 is 5.97 Å². The van der Waals surface area contributed by atoms with Crippen molar-refractivity contribution in [2.24, 2.45) is 5.92 Å². The van der Waals surface area contributed by atoms with E-state index in [-0.39, 0.29) is 24.0 Å². The Balaban J connectivity index is 2.65. The van der Waals surface area contributed by atoms with E-state index in [1.165, 1.54) is 7.11 Å². The first-order valence-electron chi connectivity index (χ1n) is 5.42. The van der Waals surface area contributed by atoms with Crippen LogP contribution in [0.5, 0.6) is 0 Å². The van der Waals surface area contributed by atoms with Crippen LogP contribution < -0.4 is 5.32 Å². The van der Waals surface area contributed by atoms with Gasteiger partial charge in [-0.15, -0.1) is 0 Å². The SMILES string of the molecule is COC(=O)C(NC(C)c1ccoc1)C(C)C. The van der Waals surface area contributed by atoms with Crippen molar-refractivity contribution in [1.29, 1.82) is 0 Å². The number of hydrogen-bond acceptors (Lipinski definition) is 4. The highest BCUT2D eigenvalue weighted by Crippen LogP contribution is 2.15. The zero-order chi connectivity index (χ0) is 12.1. The Bertz CT molecular complexity index is 319. The number of carbonyl (C=O) groups is 1. The zero-order valence-electron chi connectivity index (χ0n) is 10.2. The Labute approximate surface area is 96.0 Å². The highest BCUT2D eigenvalue weighted by molar-refractivity contribution is 5.76. The van der Waals surface area contributed by atoms with Crippen molar-refractivity contribution < 1.29 is 13.9 Å². The number of methoxy groups -OCH3 is 1. The van der Waals surface area contributed by atoms with Gasteiger partial charge >= 0.3 is 5.97 Å². The monoisotopic (exact) mass is 225 g/mol. The second-order valence-electron chi connectivity index (χ2n) is 4.19. The zero-order valence-corrected chi connectivity index (χ0v) is 10.2. The molecule has 90 valence electrons. The number of hydrogen-bond donors (Lipinski definition) is 1. The molecule has 2 unspecified atom stereocenters. The lowest BCUT2D eigenvalue weighted by Gasteiger charge is -2.23. The molecule has 0 spiro atoms. The van der Waals surface area contributed by atoms with Gasteiger partial charge in [0.15, 0.2) is 0 Å². The lowest BCUT2D eigenvalue weighted by Crippen LogP contribution is -2.42. The summed E-state index contributed by atoms with van der Waals surface area (Å²) in [5.74, 6) is -0.0489. The van der Waals surface area contributed by atoms with E-state index < -0.39 is 0 Å². The Morgan fingerprint density at radius 3 is 2.56 bits per heavy atom. The van der Waals surface area contributed by atoms with E-state index in [0.717, 1.165) is 5.56 Å². The number of ether oxygens (including phenoxy) is 1. The highest BCUT2D eigenvalue weighted by Gasteiger charge is 2.24. The van der Waals surface area contributed by atoms with Gasteiger partial charge in [-0.1, -0.05) is 13.8 Å². The second-order valence-corrected chi connectivity index (χ2v) is 4.19. The maximum absolute atomic E-state index is 11.6. The molecule has 0 saturated carbocycles. The molecule has 0 aliphatic carbocycles. The third-order valence-electron chi connectivity index (χ3n) is 2.59.